The minimum absolute atomic E-state index is 0.0617. The van der Waals surface area contributed by atoms with E-state index in [-0.39, 0.29) is 11.6 Å². The van der Waals surface area contributed by atoms with Crippen molar-refractivity contribution in [1.29, 1.82) is 0 Å². The van der Waals surface area contributed by atoms with Gasteiger partial charge in [-0.3, -0.25) is 14.9 Å². The normalized spacial score (nSPS) is 10.5. The molecule has 0 saturated carbocycles. The van der Waals surface area contributed by atoms with Gasteiger partial charge >= 0.3 is 0 Å². The third kappa shape index (κ3) is 3.96. The van der Waals surface area contributed by atoms with Gasteiger partial charge in [-0.05, 0) is 34.1 Å². The molecule has 0 radical (unpaired) electrons. The highest BCUT2D eigenvalue weighted by Gasteiger charge is 2.11. The molecule has 21 heavy (non-hydrogen) atoms. The minimum atomic E-state index is -0.496. The van der Waals surface area contributed by atoms with Crippen molar-refractivity contribution in [3.05, 3.63) is 74.2 Å². The monoisotopic (exact) mass is 347 g/mol. The summed E-state index contributed by atoms with van der Waals surface area (Å²) in [6.07, 6.45) is 1.35. The van der Waals surface area contributed by atoms with Gasteiger partial charge in [0.1, 0.15) is 0 Å². The molecule has 0 atom stereocenters. The Bertz CT molecular complexity index is 702. The average Bonchev–Trinajstić information content (AvgIpc) is 2.49. The van der Waals surface area contributed by atoms with E-state index in [1.54, 1.807) is 42.5 Å². The Morgan fingerprint density at radius 1 is 1.24 bits per heavy atom. The maximum absolute atomic E-state index is 11.7. The lowest BCUT2D eigenvalue weighted by Crippen LogP contribution is -2.17. The molecule has 0 saturated heterocycles. The first-order valence-corrected chi connectivity index (χ1v) is 6.69. The lowest BCUT2D eigenvalue weighted by atomic mass is 10.2. The second-order valence-corrected chi connectivity index (χ2v) is 4.89. The summed E-state index contributed by atoms with van der Waals surface area (Å²) >= 11 is 3.10. The molecule has 0 heterocycles. The predicted octanol–water partition coefficient (Wildman–Crippen LogP) is 3.12. The van der Waals surface area contributed by atoms with Gasteiger partial charge in [0.05, 0.1) is 15.6 Å². The number of nitro groups is 1. The van der Waals surface area contributed by atoms with Crippen molar-refractivity contribution in [3.8, 4) is 0 Å². The molecule has 7 heteroatoms. The first-order chi connectivity index (χ1) is 10.1. The number of nitrogens with zero attached hydrogens (tertiary/aromatic N) is 2. The van der Waals surface area contributed by atoms with Crippen molar-refractivity contribution >= 4 is 33.7 Å². The molecule has 1 amide bonds. The summed E-state index contributed by atoms with van der Waals surface area (Å²) in [5.41, 5.74) is 3.29. The van der Waals surface area contributed by atoms with E-state index in [4.69, 9.17) is 0 Å². The summed E-state index contributed by atoms with van der Waals surface area (Å²) in [6.45, 7) is 0. The molecule has 0 spiro atoms. The minimum Gasteiger partial charge on any atom is -0.267 e. The van der Waals surface area contributed by atoms with Crippen LogP contribution in [0.15, 0.2) is 58.1 Å². The largest absolute Gasteiger partial charge is 0.284 e. The van der Waals surface area contributed by atoms with Crippen LogP contribution in [0.4, 0.5) is 5.69 Å². The fourth-order valence-electron chi connectivity index (χ4n) is 1.57. The van der Waals surface area contributed by atoms with E-state index in [2.05, 4.69) is 26.5 Å². The molecule has 0 bridgehead atoms. The number of nitro benzene ring substituents is 1. The average molecular weight is 348 g/mol. The quantitative estimate of drug-likeness (QED) is 0.523. The molecule has 0 aliphatic carbocycles. The van der Waals surface area contributed by atoms with Crippen LogP contribution in [0.2, 0.25) is 0 Å². The van der Waals surface area contributed by atoms with E-state index in [0.29, 0.717) is 15.6 Å². The van der Waals surface area contributed by atoms with E-state index in [1.165, 1.54) is 12.3 Å². The molecule has 2 rings (SSSR count). The predicted molar refractivity (Wildman–Crippen MR) is 82.3 cm³/mol. The van der Waals surface area contributed by atoms with E-state index >= 15 is 0 Å². The van der Waals surface area contributed by atoms with Crippen LogP contribution in [0, 0.1) is 10.1 Å². The summed E-state index contributed by atoms with van der Waals surface area (Å²) in [4.78, 5) is 22.0. The second kappa shape index (κ2) is 6.76. The second-order valence-electron chi connectivity index (χ2n) is 4.03. The molecule has 0 fully saturated rings. The standard InChI is InChI=1S/C14H10BrN3O3/c15-12-7-6-10(8-13(12)18(20)21)9-16-17-14(19)11-4-2-1-3-5-11/h1-9H,(H,17,19)/b16-9+. The zero-order chi connectivity index (χ0) is 15.2. The first kappa shape index (κ1) is 14.9. The highest BCUT2D eigenvalue weighted by molar-refractivity contribution is 9.10. The molecule has 2 aromatic carbocycles. The molecule has 0 aliphatic heterocycles. The summed E-state index contributed by atoms with van der Waals surface area (Å²) in [5.74, 6) is -0.349. The zero-order valence-corrected chi connectivity index (χ0v) is 12.3. The lowest BCUT2D eigenvalue weighted by molar-refractivity contribution is -0.385. The number of nitrogens with one attached hydrogen (secondary N) is 1. The Balaban J connectivity index is 2.07. The maximum atomic E-state index is 11.7. The van der Waals surface area contributed by atoms with Crippen LogP contribution in [0.3, 0.4) is 0 Å². The Morgan fingerprint density at radius 2 is 1.95 bits per heavy atom. The van der Waals surface area contributed by atoms with Gasteiger partial charge in [0.25, 0.3) is 11.6 Å². The third-order valence-corrected chi connectivity index (χ3v) is 3.25. The maximum Gasteiger partial charge on any atom is 0.284 e. The van der Waals surface area contributed by atoms with Crippen LogP contribution in [0.25, 0.3) is 0 Å². The Kier molecular flexibility index (Phi) is 4.78. The van der Waals surface area contributed by atoms with Crippen LogP contribution in [0.1, 0.15) is 15.9 Å². The van der Waals surface area contributed by atoms with E-state index in [1.807, 2.05) is 0 Å². The van der Waals surface area contributed by atoms with Crippen molar-refractivity contribution in [2.45, 2.75) is 0 Å². The van der Waals surface area contributed by atoms with Crippen LogP contribution >= 0.6 is 15.9 Å². The van der Waals surface area contributed by atoms with Crippen LogP contribution in [0.5, 0.6) is 0 Å². The number of hydrogen-bond donors (Lipinski definition) is 1. The Hall–Kier alpha value is -2.54. The number of carbonyl (C=O) groups excluding carboxylic acids is 1. The Labute approximate surface area is 128 Å². The van der Waals surface area contributed by atoms with E-state index in [0.717, 1.165) is 0 Å². The summed E-state index contributed by atoms with van der Waals surface area (Å²) in [5, 5.41) is 14.6. The molecule has 0 aromatic heterocycles. The number of benzene rings is 2. The number of carbonyl (C=O) groups is 1. The molecule has 1 N–H and O–H groups in total. The van der Waals surface area contributed by atoms with Gasteiger partial charge in [-0.1, -0.05) is 24.3 Å². The number of halogens is 1. The number of amides is 1. The van der Waals surface area contributed by atoms with Crippen molar-refractivity contribution in [3.63, 3.8) is 0 Å². The summed E-state index contributed by atoms with van der Waals surface area (Å²) < 4.78 is 0.387. The van der Waals surface area contributed by atoms with Crippen LogP contribution in [-0.2, 0) is 0 Å². The molecule has 106 valence electrons. The van der Waals surface area contributed by atoms with E-state index in [9.17, 15) is 14.9 Å². The van der Waals surface area contributed by atoms with Crippen LogP contribution < -0.4 is 5.43 Å². The smallest absolute Gasteiger partial charge is 0.267 e. The number of rotatable bonds is 4. The molecule has 0 unspecified atom stereocenters. The fourth-order valence-corrected chi connectivity index (χ4v) is 1.96. The van der Waals surface area contributed by atoms with Crippen LogP contribution in [-0.4, -0.2) is 17.0 Å². The third-order valence-electron chi connectivity index (χ3n) is 2.58. The van der Waals surface area contributed by atoms with Gasteiger partial charge in [-0.15, -0.1) is 0 Å². The van der Waals surface area contributed by atoms with Gasteiger partial charge < -0.3 is 0 Å². The fraction of sp³-hybridized carbons (Fsp3) is 0. The molecule has 2 aromatic rings. The van der Waals surface area contributed by atoms with Crippen molar-refractivity contribution in [1.82, 2.24) is 5.43 Å². The van der Waals surface area contributed by atoms with Crippen molar-refractivity contribution in [2.75, 3.05) is 0 Å². The highest BCUT2D eigenvalue weighted by atomic mass is 79.9. The van der Waals surface area contributed by atoms with Gasteiger partial charge in [-0.25, -0.2) is 5.43 Å². The first-order valence-electron chi connectivity index (χ1n) is 5.90. The molecule has 0 aliphatic rings. The lowest BCUT2D eigenvalue weighted by Gasteiger charge is -1.99. The van der Waals surface area contributed by atoms with Gasteiger partial charge in [0, 0.05) is 17.2 Å². The molecule has 6 nitrogen and oxygen atoms in total. The summed E-state index contributed by atoms with van der Waals surface area (Å²) in [7, 11) is 0. The highest BCUT2D eigenvalue weighted by Crippen LogP contribution is 2.24. The zero-order valence-electron chi connectivity index (χ0n) is 10.7. The van der Waals surface area contributed by atoms with Gasteiger partial charge in [0.15, 0.2) is 0 Å². The van der Waals surface area contributed by atoms with Gasteiger partial charge in [-0.2, -0.15) is 5.10 Å². The summed E-state index contributed by atoms with van der Waals surface area (Å²) in [6, 6.07) is 13.2. The van der Waals surface area contributed by atoms with Crippen molar-refractivity contribution < 1.29 is 9.72 Å². The number of hydrazone groups is 1. The molecular weight excluding hydrogens is 338 g/mol. The van der Waals surface area contributed by atoms with Gasteiger partial charge in [0.2, 0.25) is 0 Å². The number of hydrogen-bond acceptors (Lipinski definition) is 4. The Morgan fingerprint density at radius 3 is 2.62 bits per heavy atom. The topological polar surface area (TPSA) is 84.6 Å². The molecular formula is C14H10BrN3O3. The SMILES string of the molecule is O=C(N/N=C/c1ccc(Br)c([N+](=O)[O-])c1)c1ccccc1. The van der Waals surface area contributed by atoms with Crippen molar-refractivity contribution in [2.24, 2.45) is 5.10 Å². The van der Waals surface area contributed by atoms with E-state index < -0.39 is 4.92 Å².